The number of hydrogen-bond donors (Lipinski definition) is 2. The maximum atomic E-state index is 11.4. The van der Waals surface area contributed by atoms with Gasteiger partial charge in [-0.3, -0.25) is 4.99 Å². The summed E-state index contributed by atoms with van der Waals surface area (Å²) in [5.41, 5.74) is 8.16. The number of fused-ring (bicyclic) bond motifs is 1. The van der Waals surface area contributed by atoms with Gasteiger partial charge in [-0.05, 0) is 56.2 Å². The third-order valence-corrected chi connectivity index (χ3v) is 5.94. The van der Waals surface area contributed by atoms with E-state index in [1.165, 1.54) is 23.0 Å². The van der Waals surface area contributed by atoms with Crippen LogP contribution in [0.2, 0.25) is 0 Å². The molecule has 1 aliphatic heterocycles. The summed E-state index contributed by atoms with van der Waals surface area (Å²) in [7, 11) is 2.10. The first-order chi connectivity index (χ1) is 12.7. The van der Waals surface area contributed by atoms with Gasteiger partial charge in [0.05, 0.1) is 17.3 Å². The monoisotopic (exact) mass is 390 g/mol. The molecule has 2 atom stereocenters. The molecule has 0 fully saturated rings. The highest BCUT2D eigenvalue weighted by molar-refractivity contribution is 8.13. The van der Waals surface area contributed by atoms with Crippen LogP contribution in [0.1, 0.15) is 33.3 Å². The van der Waals surface area contributed by atoms with Crippen molar-refractivity contribution in [1.82, 2.24) is 5.32 Å². The summed E-state index contributed by atoms with van der Waals surface area (Å²) >= 11 is 1.43. The quantitative estimate of drug-likeness (QED) is 0.452. The molecular weight excluding hydrogens is 360 g/mol. The number of azo groups is 1. The van der Waals surface area contributed by atoms with Gasteiger partial charge >= 0.3 is 6.03 Å². The molecular formula is C19H30N6OS. The topological polar surface area (TPSA) is 95.4 Å². The van der Waals surface area contributed by atoms with Crippen LogP contribution in [0.5, 0.6) is 0 Å². The number of hydrogen-bond acceptors (Lipinski definition) is 5. The van der Waals surface area contributed by atoms with Crippen molar-refractivity contribution in [1.29, 1.82) is 0 Å². The van der Waals surface area contributed by atoms with Crippen molar-refractivity contribution in [2.45, 2.75) is 45.7 Å². The van der Waals surface area contributed by atoms with Gasteiger partial charge in [0.2, 0.25) is 5.17 Å². The first kappa shape index (κ1) is 21.2. The van der Waals surface area contributed by atoms with E-state index >= 15 is 0 Å². The van der Waals surface area contributed by atoms with Crippen LogP contribution in [-0.2, 0) is 6.42 Å². The summed E-state index contributed by atoms with van der Waals surface area (Å²) < 4.78 is 0. The zero-order chi connectivity index (χ0) is 20.2. The standard InChI is InChI=1S/C19H30N6OS/c1-12(2)19(4,22-17(20)26)13(3)21-18(27-6)24-23-15-7-8-16-14(11-15)9-10-25(16)5/h7-8,11-13H,9-10H2,1-6H3,(H3,20,22,26)/b21-18-,24-23+/t13?,19-/m0/s1. The van der Waals surface area contributed by atoms with Crippen molar-refractivity contribution < 1.29 is 4.79 Å². The van der Waals surface area contributed by atoms with Crippen LogP contribution in [0.4, 0.5) is 16.2 Å². The van der Waals surface area contributed by atoms with Crippen molar-refractivity contribution in [3.8, 4) is 0 Å². The zero-order valence-corrected chi connectivity index (χ0v) is 17.8. The molecule has 1 aromatic rings. The molecule has 7 nitrogen and oxygen atoms in total. The van der Waals surface area contributed by atoms with Gasteiger partial charge in [0.1, 0.15) is 0 Å². The molecule has 2 rings (SSSR count). The molecule has 1 unspecified atom stereocenters. The molecule has 0 spiro atoms. The van der Waals surface area contributed by atoms with Crippen molar-refractivity contribution in [3.63, 3.8) is 0 Å². The fraction of sp³-hybridized carbons (Fsp3) is 0.579. The van der Waals surface area contributed by atoms with Gasteiger partial charge in [0, 0.05) is 19.3 Å². The molecule has 1 heterocycles. The maximum Gasteiger partial charge on any atom is 0.312 e. The Bertz CT molecular complexity index is 748. The second-order valence-electron chi connectivity index (χ2n) is 7.40. The van der Waals surface area contributed by atoms with E-state index in [1.54, 1.807) is 0 Å². The van der Waals surface area contributed by atoms with Crippen LogP contribution in [-0.4, -0.2) is 42.6 Å². The Kier molecular flexibility index (Phi) is 6.86. The molecule has 0 bridgehead atoms. The summed E-state index contributed by atoms with van der Waals surface area (Å²) in [6.45, 7) is 8.99. The molecule has 27 heavy (non-hydrogen) atoms. The number of carbonyl (C=O) groups excluding carboxylic acids is 1. The van der Waals surface area contributed by atoms with Gasteiger partial charge in [0.25, 0.3) is 0 Å². The van der Waals surface area contributed by atoms with E-state index in [9.17, 15) is 4.79 Å². The van der Waals surface area contributed by atoms with E-state index in [0.717, 1.165) is 18.7 Å². The number of nitrogens with one attached hydrogen (secondary N) is 1. The summed E-state index contributed by atoms with van der Waals surface area (Å²) in [6, 6.07) is 5.38. The van der Waals surface area contributed by atoms with E-state index in [1.807, 2.05) is 40.0 Å². The molecule has 1 aromatic carbocycles. The van der Waals surface area contributed by atoms with Gasteiger partial charge in [-0.1, -0.05) is 25.6 Å². The molecule has 0 aromatic heterocycles. The first-order valence-corrected chi connectivity index (χ1v) is 10.3. The van der Waals surface area contributed by atoms with E-state index in [-0.39, 0.29) is 12.0 Å². The first-order valence-electron chi connectivity index (χ1n) is 9.12. The number of likely N-dealkylation sites (N-methyl/N-ethyl adjacent to an activating group) is 1. The summed E-state index contributed by atoms with van der Waals surface area (Å²) in [5, 5.41) is 12.1. The normalized spacial score (nSPS) is 17.9. The van der Waals surface area contributed by atoms with Crippen molar-refractivity contribution >= 4 is 34.3 Å². The maximum absolute atomic E-state index is 11.4. The number of urea groups is 1. The van der Waals surface area contributed by atoms with E-state index in [2.05, 4.69) is 44.6 Å². The number of nitrogens with zero attached hydrogens (tertiary/aromatic N) is 4. The lowest BCUT2D eigenvalue weighted by Gasteiger charge is -2.37. The molecule has 148 valence electrons. The minimum atomic E-state index is -0.569. The second-order valence-corrected chi connectivity index (χ2v) is 8.18. The lowest BCUT2D eigenvalue weighted by molar-refractivity contribution is 0.204. The van der Waals surface area contributed by atoms with Crippen LogP contribution in [0.15, 0.2) is 33.4 Å². The van der Waals surface area contributed by atoms with E-state index in [0.29, 0.717) is 5.17 Å². The van der Waals surface area contributed by atoms with Gasteiger partial charge in [-0.15, -0.1) is 10.2 Å². The van der Waals surface area contributed by atoms with Crippen LogP contribution in [0.3, 0.4) is 0 Å². The van der Waals surface area contributed by atoms with Crippen LogP contribution < -0.4 is 16.0 Å². The summed E-state index contributed by atoms with van der Waals surface area (Å²) in [6.07, 6.45) is 2.94. The molecule has 3 N–H and O–H groups in total. The highest BCUT2D eigenvalue weighted by Gasteiger charge is 2.36. The van der Waals surface area contributed by atoms with Gasteiger partial charge in [0.15, 0.2) is 0 Å². The SMILES string of the molecule is CSC(=N\C(C)[C@@](C)(NC(N)=O)C(C)C)/N=N/c1ccc2c(c1)CCN2C. The molecule has 0 saturated carbocycles. The number of anilines is 1. The minimum absolute atomic E-state index is 0.150. The van der Waals surface area contributed by atoms with E-state index < -0.39 is 11.6 Å². The predicted octanol–water partition coefficient (Wildman–Crippen LogP) is 3.95. The summed E-state index contributed by atoms with van der Waals surface area (Å²) in [4.78, 5) is 18.3. The predicted molar refractivity (Wildman–Crippen MR) is 114 cm³/mol. The second kappa shape index (κ2) is 8.73. The number of amides is 2. The van der Waals surface area contributed by atoms with Gasteiger partial charge in [-0.25, -0.2) is 4.79 Å². The molecule has 2 amide bonds. The number of nitrogens with two attached hydrogens (primary N) is 1. The smallest absolute Gasteiger partial charge is 0.312 e. The largest absolute Gasteiger partial charge is 0.374 e. The highest BCUT2D eigenvalue weighted by atomic mass is 32.2. The summed E-state index contributed by atoms with van der Waals surface area (Å²) in [5.74, 6) is 0.150. The van der Waals surface area contributed by atoms with Gasteiger partial charge in [-0.2, -0.15) is 0 Å². The highest BCUT2D eigenvalue weighted by Crippen LogP contribution is 2.30. The Morgan fingerprint density at radius 2 is 2.07 bits per heavy atom. The minimum Gasteiger partial charge on any atom is -0.374 e. The van der Waals surface area contributed by atoms with Crippen LogP contribution in [0, 0.1) is 5.92 Å². The molecule has 0 saturated heterocycles. The average molecular weight is 391 g/mol. The van der Waals surface area contributed by atoms with Crippen LogP contribution in [0.25, 0.3) is 0 Å². The molecule has 0 radical (unpaired) electrons. The average Bonchev–Trinajstić information content (AvgIpc) is 2.98. The van der Waals surface area contributed by atoms with Gasteiger partial charge < -0.3 is 16.0 Å². The lowest BCUT2D eigenvalue weighted by atomic mass is 9.82. The molecule has 1 aliphatic rings. The fourth-order valence-corrected chi connectivity index (χ4v) is 3.52. The lowest BCUT2D eigenvalue weighted by Crippen LogP contribution is -2.58. The Labute approximate surface area is 165 Å². The van der Waals surface area contributed by atoms with Crippen molar-refractivity contribution in [3.05, 3.63) is 23.8 Å². The van der Waals surface area contributed by atoms with Crippen molar-refractivity contribution in [2.75, 3.05) is 24.7 Å². The zero-order valence-electron chi connectivity index (χ0n) is 17.0. The number of primary amides is 1. The number of amidine groups is 1. The fourth-order valence-electron chi connectivity index (χ4n) is 3.13. The Morgan fingerprint density at radius 3 is 2.67 bits per heavy atom. The number of thioether (sulfide) groups is 1. The Hall–Kier alpha value is -2.09. The Morgan fingerprint density at radius 1 is 1.37 bits per heavy atom. The Balaban J connectivity index is 2.20. The molecule has 0 aliphatic carbocycles. The number of carbonyl (C=O) groups is 1. The number of rotatable bonds is 5. The molecule has 8 heteroatoms. The number of aliphatic imine (C=N–C) groups is 1. The van der Waals surface area contributed by atoms with Crippen molar-refractivity contribution in [2.24, 2.45) is 26.9 Å². The third-order valence-electron chi connectivity index (χ3n) is 5.39. The number of benzene rings is 1. The third kappa shape index (κ3) is 5.00. The van der Waals surface area contributed by atoms with Crippen LogP contribution >= 0.6 is 11.8 Å². The van der Waals surface area contributed by atoms with E-state index in [4.69, 9.17) is 5.73 Å².